The molecule has 2 rings (SSSR count). The average molecular weight is 322 g/mol. The molecule has 0 aliphatic rings. The average Bonchev–Trinajstić information content (AvgIpc) is 2.50. The van der Waals surface area contributed by atoms with Crippen molar-refractivity contribution < 1.29 is 0 Å². The lowest BCUT2D eigenvalue weighted by Gasteiger charge is -2.15. The van der Waals surface area contributed by atoms with Crippen molar-refractivity contribution >= 4 is 0 Å². The molecule has 2 aromatic rings. The van der Waals surface area contributed by atoms with Crippen LogP contribution in [0.1, 0.15) is 33.6 Å². The van der Waals surface area contributed by atoms with Crippen LogP contribution < -0.4 is 11.1 Å². The van der Waals surface area contributed by atoms with Crippen molar-refractivity contribution in [3.63, 3.8) is 0 Å². The molecule has 0 unspecified atom stereocenters. The van der Waals surface area contributed by atoms with E-state index in [0.29, 0.717) is 11.1 Å². The zero-order valence-corrected chi connectivity index (χ0v) is 14.2. The van der Waals surface area contributed by atoms with E-state index in [9.17, 15) is 9.59 Å². The van der Waals surface area contributed by atoms with E-state index in [1.165, 1.54) is 9.13 Å². The molecule has 0 radical (unpaired) electrons. The number of nitriles is 2. The fourth-order valence-corrected chi connectivity index (χ4v) is 2.88. The normalized spacial score (nSPS) is 10.2. The Morgan fingerprint density at radius 3 is 1.42 bits per heavy atom. The molecule has 0 saturated heterocycles. The topological polar surface area (TPSA) is 91.6 Å². The summed E-state index contributed by atoms with van der Waals surface area (Å²) < 4.78 is 2.98. The van der Waals surface area contributed by atoms with E-state index >= 15 is 0 Å². The first-order valence-electron chi connectivity index (χ1n) is 7.54. The molecule has 0 fully saturated rings. The molecule has 0 aromatic carbocycles. The van der Waals surface area contributed by atoms with Crippen LogP contribution in [-0.2, 0) is 13.1 Å². The predicted molar refractivity (Wildman–Crippen MR) is 89.8 cm³/mol. The summed E-state index contributed by atoms with van der Waals surface area (Å²) in [4.78, 5) is 24.8. The molecule has 2 aromatic heterocycles. The fraction of sp³-hybridized carbons (Fsp3) is 0.333. The fourth-order valence-electron chi connectivity index (χ4n) is 2.88. The highest BCUT2D eigenvalue weighted by Gasteiger charge is 2.13. The summed E-state index contributed by atoms with van der Waals surface area (Å²) in [6.45, 7) is 7.56. The van der Waals surface area contributed by atoms with Gasteiger partial charge in [0.25, 0.3) is 11.1 Å². The summed E-state index contributed by atoms with van der Waals surface area (Å²) in [5, 5.41) is 18.3. The molecular weight excluding hydrogens is 304 g/mol. The quantitative estimate of drug-likeness (QED) is 0.859. The van der Waals surface area contributed by atoms with Gasteiger partial charge in [0.05, 0.1) is 0 Å². The zero-order chi connectivity index (χ0) is 18.0. The third-order valence-electron chi connectivity index (χ3n) is 4.18. The van der Waals surface area contributed by atoms with Gasteiger partial charge in [0.1, 0.15) is 23.3 Å². The third kappa shape index (κ3) is 2.87. The van der Waals surface area contributed by atoms with Crippen LogP contribution in [0, 0.1) is 50.4 Å². The van der Waals surface area contributed by atoms with Gasteiger partial charge in [-0.15, -0.1) is 0 Å². The van der Waals surface area contributed by atoms with Crippen LogP contribution in [-0.4, -0.2) is 9.13 Å². The first kappa shape index (κ1) is 17.2. The number of aryl methyl sites for hydroxylation is 4. The first-order valence-corrected chi connectivity index (χ1v) is 7.54. The van der Waals surface area contributed by atoms with Crippen LogP contribution in [0.5, 0.6) is 0 Å². The van der Waals surface area contributed by atoms with E-state index in [4.69, 9.17) is 10.5 Å². The van der Waals surface area contributed by atoms with Crippen LogP contribution in [0.4, 0.5) is 0 Å². The second-order valence-corrected chi connectivity index (χ2v) is 5.82. The third-order valence-corrected chi connectivity index (χ3v) is 4.18. The monoisotopic (exact) mass is 322 g/mol. The minimum absolute atomic E-state index is 0.117. The van der Waals surface area contributed by atoms with Gasteiger partial charge in [0.2, 0.25) is 0 Å². The van der Waals surface area contributed by atoms with E-state index in [0.717, 1.165) is 11.4 Å². The van der Waals surface area contributed by atoms with Crippen LogP contribution in [0.15, 0.2) is 21.7 Å². The van der Waals surface area contributed by atoms with Gasteiger partial charge in [0, 0.05) is 24.5 Å². The van der Waals surface area contributed by atoms with E-state index in [1.807, 2.05) is 12.1 Å². The van der Waals surface area contributed by atoms with Crippen molar-refractivity contribution in [1.82, 2.24) is 9.13 Å². The Morgan fingerprint density at radius 1 is 0.792 bits per heavy atom. The van der Waals surface area contributed by atoms with Gasteiger partial charge in [-0.3, -0.25) is 9.59 Å². The maximum Gasteiger partial charge on any atom is 0.268 e. The SMILES string of the molecule is Cc1cc(C)n(CCn2c(C)cc(C)c(C#N)c2=O)c(=O)c1C#N. The maximum atomic E-state index is 12.4. The second-order valence-electron chi connectivity index (χ2n) is 5.82. The van der Waals surface area contributed by atoms with Gasteiger partial charge in [-0.05, 0) is 51.0 Å². The number of rotatable bonds is 3. The van der Waals surface area contributed by atoms with Crippen molar-refractivity contribution in [2.24, 2.45) is 0 Å². The molecule has 0 bridgehead atoms. The standard InChI is InChI=1S/C18H18N4O2/c1-11-7-13(3)21(17(23)15(11)9-19)5-6-22-14(4)8-12(2)16(10-20)18(22)24/h7-8H,5-6H2,1-4H3. The summed E-state index contributed by atoms with van der Waals surface area (Å²) >= 11 is 0. The van der Waals surface area contributed by atoms with Crippen molar-refractivity contribution in [2.45, 2.75) is 40.8 Å². The molecule has 2 heterocycles. The molecule has 0 N–H and O–H groups in total. The van der Waals surface area contributed by atoms with Crippen LogP contribution in [0.25, 0.3) is 0 Å². The second kappa shape index (κ2) is 6.55. The molecular formula is C18H18N4O2. The summed E-state index contributed by atoms with van der Waals surface area (Å²) in [6.07, 6.45) is 0. The van der Waals surface area contributed by atoms with Crippen molar-refractivity contribution in [3.05, 3.63) is 66.5 Å². The minimum Gasteiger partial charge on any atom is -0.310 e. The highest BCUT2D eigenvalue weighted by molar-refractivity contribution is 5.37. The van der Waals surface area contributed by atoms with Crippen LogP contribution in [0.3, 0.4) is 0 Å². The molecule has 6 heteroatoms. The Balaban J connectivity index is 2.48. The molecule has 0 spiro atoms. The van der Waals surface area contributed by atoms with Gasteiger partial charge in [-0.1, -0.05) is 0 Å². The number of hydrogen-bond donors (Lipinski definition) is 0. The molecule has 0 amide bonds. The molecule has 0 atom stereocenters. The Morgan fingerprint density at radius 2 is 1.12 bits per heavy atom. The summed E-state index contributed by atoms with van der Waals surface area (Å²) in [7, 11) is 0. The van der Waals surface area contributed by atoms with Gasteiger partial charge in [-0.2, -0.15) is 10.5 Å². The molecule has 6 nitrogen and oxygen atoms in total. The van der Waals surface area contributed by atoms with Crippen molar-refractivity contribution in [3.8, 4) is 12.1 Å². The van der Waals surface area contributed by atoms with Gasteiger partial charge in [-0.25, -0.2) is 0 Å². The Bertz CT molecular complexity index is 930. The lowest BCUT2D eigenvalue weighted by Crippen LogP contribution is -2.31. The maximum absolute atomic E-state index is 12.4. The number of aromatic nitrogens is 2. The van der Waals surface area contributed by atoms with E-state index < -0.39 is 0 Å². The smallest absolute Gasteiger partial charge is 0.268 e. The molecule has 122 valence electrons. The number of hydrogen-bond acceptors (Lipinski definition) is 4. The molecule has 0 aliphatic carbocycles. The first-order chi connectivity index (χ1) is 11.3. The Kier molecular flexibility index (Phi) is 4.71. The number of pyridine rings is 2. The van der Waals surface area contributed by atoms with Gasteiger partial charge < -0.3 is 9.13 Å². The largest absolute Gasteiger partial charge is 0.310 e. The van der Waals surface area contributed by atoms with E-state index in [2.05, 4.69) is 0 Å². The molecule has 0 saturated carbocycles. The van der Waals surface area contributed by atoms with Crippen molar-refractivity contribution in [2.75, 3.05) is 0 Å². The summed E-state index contributed by atoms with van der Waals surface area (Å²) in [5.41, 5.74) is 2.28. The van der Waals surface area contributed by atoms with Crippen LogP contribution >= 0.6 is 0 Å². The van der Waals surface area contributed by atoms with E-state index in [1.54, 1.807) is 39.8 Å². The number of nitrogens with zero attached hydrogens (tertiary/aromatic N) is 4. The Labute approximate surface area is 139 Å². The minimum atomic E-state index is -0.353. The van der Waals surface area contributed by atoms with Crippen LogP contribution in [0.2, 0.25) is 0 Å². The molecule has 0 aliphatic heterocycles. The summed E-state index contributed by atoms with van der Waals surface area (Å²) in [6, 6.07) is 7.43. The summed E-state index contributed by atoms with van der Waals surface area (Å²) in [5.74, 6) is 0. The highest BCUT2D eigenvalue weighted by atomic mass is 16.1. The lowest BCUT2D eigenvalue weighted by molar-refractivity contribution is 0.532. The zero-order valence-electron chi connectivity index (χ0n) is 14.2. The van der Waals surface area contributed by atoms with Gasteiger partial charge in [0.15, 0.2) is 0 Å². The lowest BCUT2D eigenvalue weighted by atomic mass is 10.1. The Hall–Kier alpha value is -3.12. The van der Waals surface area contributed by atoms with Gasteiger partial charge >= 0.3 is 0 Å². The highest BCUT2D eigenvalue weighted by Crippen LogP contribution is 2.08. The van der Waals surface area contributed by atoms with E-state index in [-0.39, 0.29) is 35.3 Å². The molecule has 24 heavy (non-hydrogen) atoms. The predicted octanol–water partition coefficient (Wildman–Crippen LogP) is 1.69. The van der Waals surface area contributed by atoms with Crippen molar-refractivity contribution in [1.29, 1.82) is 10.5 Å².